The van der Waals surface area contributed by atoms with Crippen molar-refractivity contribution in [2.24, 2.45) is 7.05 Å². The van der Waals surface area contributed by atoms with Gasteiger partial charge in [0.2, 0.25) is 0 Å². The quantitative estimate of drug-likeness (QED) is 0.787. The molecule has 102 valence electrons. The number of nitrogens with zero attached hydrogens (tertiary/aromatic N) is 4. The average molecular weight is 269 g/mol. The minimum atomic E-state index is 0.652. The Morgan fingerprint density at radius 3 is 2.90 bits per heavy atom. The number of aromatic nitrogens is 4. The van der Waals surface area contributed by atoms with Crippen molar-refractivity contribution in [1.29, 1.82) is 0 Å². The summed E-state index contributed by atoms with van der Waals surface area (Å²) in [6, 6.07) is 9.94. The van der Waals surface area contributed by atoms with Crippen LogP contribution >= 0.6 is 0 Å². The van der Waals surface area contributed by atoms with Crippen LogP contribution in [0.3, 0.4) is 0 Å². The normalized spacial score (nSPS) is 10.7. The lowest BCUT2D eigenvalue weighted by atomic mass is 10.2. The molecule has 3 rings (SSSR count). The van der Waals surface area contributed by atoms with Gasteiger partial charge in [-0.05, 0) is 41.1 Å². The van der Waals surface area contributed by atoms with E-state index in [0.29, 0.717) is 6.54 Å². The third-order valence-electron chi connectivity index (χ3n) is 3.16. The van der Waals surface area contributed by atoms with Crippen molar-refractivity contribution in [3.05, 3.63) is 47.9 Å². The zero-order chi connectivity index (χ0) is 13.9. The topological polar surface area (TPSA) is 68.8 Å². The highest BCUT2D eigenvalue weighted by Crippen LogP contribution is 2.20. The van der Waals surface area contributed by atoms with Gasteiger partial charge in [-0.15, -0.1) is 5.10 Å². The van der Waals surface area contributed by atoms with Crippen molar-refractivity contribution >= 4 is 5.69 Å². The Balaban J connectivity index is 1.78. The van der Waals surface area contributed by atoms with E-state index in [2.05, 4.69) is 20.8 Å². The molecule has 0 aliphatic heterocycles. The lowest BCUT2D eigenvalue weighted by Gasteiger charge is -2.07. The average Bonchev–Trinajstić information content (AvgIpc) is 3.05. The lowest BCUT2D eigenvalue weighted by Crippen LogP contribution is -2.00. The molecule has 20 heavy (non-hydrogen) atoms. The van der Waals surface area contributed by atoms with Crippen LogP contribution in [0.4, 0.5) is 5.69 Å². The highest BCUT2D eigenvalue weighted by Gasteiger charge is 2.07. The highest BCUT2D eigenvalue weighted by atomic mass is 16.3. The molecular formula is C14H15N5O. The molecule has 2 heterocycles. The first-order valence-corrected chi connectivity index (χ1v) is 6.33. The fourth-order valence-electron chi connectivity index (χ4n) is 2.01. The Hall–Kier alpha value is -2.63. The largest absolute Gasteiger partial charge is 0.467 e. The van der Waals surface area contributed by atoms with E-state index in [4.69, 9.17) is 4.42 Å². The molecular weight excluding hydrogens is 254 g/mol. The molecule has 0 amide bonds. The summed E-state index contributed by atoms with van der Waals surface area (Å²) in [5.41, 5.74) is 3.12. The van der Waals surface area contributed by atoms with Crippen LogP contribution in [0.15, 0.2) is 41.0 Å². The van der Waals surface area contributed by atoms with E-state index < -0.39 is 0 Å². The predicted molar refractivity (Wildman–Crippen MR) is 75.0 cm³/mol. The maximum Gasteiger partial charge on any atom is 0.181 e. The van der Waals surface area contributed by atoms with Crippen molar-refractivity contribution in [3.63, 3.8) is 0 Å². The molecule has 0 unspecified atom stereocenters. The Morgan fingerprint density at radius 2 is 2.20 bits per heavy atom. The molecule has 6 nitrogen and oxygen atoms in total. The van der Waals surface area contributed by atoms with E-state index in [1.165, 1.54) is 0 Å². The van der Waals surface area contributed by atoms with Gasteiger partial charge in [-0.25, -0.2) is 4.68 Å². The maximum atomic E-state index is 5.41. The van der Waals surface area contributed by atoms with Gasteiger partial charge in [0.25, 0.3) is 0 Å². The van der Waals surface area contributed by atoms with Gasteiger partial charge in [0.05, 0.1) is 12.8 Å². The molecule has 1 aromatic carbocycles. The van der Waals surface area contributed by atoms with E-state index in [9.17, 15) is 0 Å². The molecule has 0 bridgehead atoms. The maximum absolute atomic E-state index is 5.41. The first kappa shape index (κ1) is 12.4. The molecule has 0 aliphatic carbocycles. The van der Waals surface area contributed by atoms with Crippen molar-refractivity contribution in [2.45, 2.75) is 13.5 Å². The predicted octanol–water partition coefficient (Wildman–Crippen LogP) is 2.39. The summed E-state index contributed by atoms with van der Waals surface area (Å²) < 4.78 is 7.06. The molecule has 0 saturated carbocycles. The minimum Gasteiger partial charge on any atom is -0.467 e. The SMILES string of the molecule is Cc1ccoc1CNc1cccc(-c2nnnn2C)c1. The number of nitrogens with one attached hydrogen (secondary N) is 1. The minimum absolute atomic E-state index is 0.652. The van der Waals surface area contributed by atoms with Crippen molar-refractivity contribution < 1.29 is 4.42 Å². The van der Waals surface area contributed by atoms with E-state index in [1.807, 2.05) is 44.3 Å². The molecule has 0 saturated heterocycles. The lowest BCUT2D eigenvalue weighted by molar-refractivity contribution is 0.515. The first-order valence-electron chi connectivity index (χ1n) is 6.33. The second kappa shape index (κ2) is 5.16. The van der Waals surface area contributed by atoms with Crippen LogP contribution in [0.5, 0.6) is 0 Å². The summed E-state index contributed by atoms with van der Waals surface area (Å²) >= 11 is 0. The van der Waals surface area contributed by atoms with Crippen molar-refractivity contribution in [3.8, 4) is 11.4 Å². The van der Waals surface area contributed by atoms with E-state index >= 15 is 0 Å². The summed E-state index contributed by atoms with van der Waals surface area (Å²) in [5.74, 6) is 1.68. The van der Waals surface area contributed by atoms with Crippen LogP contribution < -0.4 is 5.32 Å². The summed E-state index contributed by atoms with van der Waals surface area (Å²) in [4.78, 5) is 0. The van der Waals surface area contributed by atoms with Crippen molar-refractivity contribution in [1.82, 2.24) is 20.2 Å². The standard InChI is InChI=1S/C14H15N5O/c1-10-6-7-20-13(10)9-15-12-5-3-4-11(8-12)14-16-17-18-19(14)2/h3-8,15H,9H2,1-2H3. The molecule has 0 spiro atoms. The monoisotopic (exact) mass is 269 g/mol. The van der Waals surface area contributed by atoms with Gasteiger partial charge >= 0.3 is 0 Å². The Kier molecular flexibility index (Phi) is 3.20. The van der Waals surface area contributed by atoms with Crippen LogP contribution in [0.2, 0.25) is 0 Å². The van der Waals surface area contributed by atoms with Crippen LogP contribution in [-0.4, -0.2) is 20.2 Å². The van der Waals surface area contributed by atoms with Gasteiger partial charge in [0.1, 0.15) is 5.76 Å². The van der Waals surface area contributed by atoms with Crippen LogP contribution in [0.25, 0.3) is 11.4 Å². The number of furan rings is 1. The summed E-state index contributed by atoms with van der Waals surface area (Å²) in [6.07, 6.45) is 1.70. The van der Waals surface area contributed by atoms with Crippen LogP contribution in [-0.2, 0) is 13.6 Å². The van der Waals surface area contributed by atoms with Gasteiger partial charge in [0, 0.05) is 18.3 Å². The molecule has 2 aromatic heterocycles. The number of hydrogen-bond acceptors (Lipinski definition) is 5. The molecule has 1 N–H and O–H groups in total. The zero-order valence-electron chi connectivity index (χ0n) is 11.4. The Bertz CT molecular complexity index is 716. The van der Waals surface area contributed by atoms with Gasteiger partial charge in [-0.3, -0.25) is 0 Å². The third-order valence-corrected chi connectivity index (χ3v) is 3.16. The van der Waals surface area contributed by atoms with Gasteiger partial charge in [-0.1, -0.05) is 12.1 Å². The first-order chi connectivity index (χ1) is 9.74. The molecule has 0 radical (unpaired) electrons. The molecule has 0 fully saturated rings. The smallest absolute Gasteiger partial charge is 0.181 e. The number of rotatable bonds is 4. The number of benzene rings is 1. The molecule has 0 aliphatic rings. The fraction of sp³-hybridized carbons (Fsp3) is 0.214. The Labute approximate surface area is 116 Å². The zero-order valence-corrected chi connectivity index (χ0v) is 11.4. The second-order valence-corrected chi connectivity index (χ2v) is 4.59. The van der Waals surface area contributed by atoms with Crippen LogP contribution in [0.1, 0.15) is 11.3 Å². The van der Waals surface area contributed by atoms with E-state index in [0.717, 1.165) is 28.4 Å². The Morgan fingerprint density at radius 1 is 1.30 bits per heavy atom. The number of hydrogen-bond donors (Lipinski definition) is 1. The number of tetrazole rings is 1. The number of aryl methyl sites for hydroxylation is 2. The summed E-state index contributed by atoms with van der Waals surface area (Å²) in [7, 11) is 1.82. The van der Waals surface area contributed by atoms with Crippen molar-refractivity contribution in [2.75, 3.05) is 5.32 Å². The number of anilines is 1. The van der Waals surface area contributed by atoms with Gasteiger partial charge < -0.3 is 9.73 Å². The molecule has 3 aromatic rings. The van der Waals surface area contributed by atoms with E-state index in [-0.39, 0.29) is 0 Å². The highest BCUT2D eigenvalue weighted by molar-refractivity contribution is 5.62. The van der Waals surface area contributed by atoms with E-state index in [1.54, 1.807) is 10.9 Å². The molecule has 0 atom stereocenters. The van der Waals surface area contributed by atoms with Gasteiger partial charge in [0.15, 0.2) is 5.82 Å². The third kappa shape index (κ3) is 2.40. The second-order valence-electron chi connectivity index (χ2n) is 4.59. The van der Waals surface area contributed by atoms with Crippen LogP contribution in [0, 0.1) is 6.92 Å². The summed E-state index contributed by atoms with van der Waals surface area (Å²) in [6.45, 7) is 2.68. The van der Waals surface area contributed by atoms with Gasteiger partial charge in [-0.2, -0.15) is 0 Å². The summed E-state index contributed by atoms with van der Waals surface area (Å²) in [5, 5.41) is 14.8. The molecule has 6 heteroatoms. The fourth-order valence-corrected chi connectivity index (χ4v) is 2.01.